The SMILES string of the molecule is CCOC(=O)/C(C#N)=C(/SC)C1=C(C(C#N)C(=O)OCC)CCCCC1. The zero-order valence-corrected chi connectivity index (χ0v) is 16.3. The number of esters is 2. The van der Waals surface area contributed by atoms with Crippen molar-refractivity contribution in [1.29, 1.82) is 10.5 Å². The van der Waals surface area contributed by atoms with Crippen LogP contribution < -0.4 is 0 Å². The fourth-order valence-corrected chi connectivity index (χ4v) is 3.76. The number of nitrogens with zero attached hydrogens (tertiary/aromatic N) is 2. The fraction of sp³-hybridized carbons (Fsp3) is 0.579. The van der Waals surface area contributed by atoms with Gasteiger partial charge in [-0.25, -0.2) is 4.79 Å². The number of nitriles is 2. The largest absolute Gasteiger partial charge is 0.465 e. The highest BCUT2D eigenvalue weighted by molar-refractivity contribution is 8.02. The first kappa shape index (κ1) is 21.8. The minimum absolute atomic E-state index is 0.0747. The second kappa shape index (κ2) is 11.4. The molecule has 0 aromatic carbocycles. The Morgan fingerprint density at radius 2 is 1.77 bits per heavy atom. The van der Waals surface area contributed by atoms with Crippen LogP contribution in [0.25, 0.3) is 0 Å². The van der Waals surface area contributed by atoms with E-state index in [2.05, 4.69) is 0 Å². The maximum absolute atomic E-state index is 12.3. The molecule has 0 radical (unpaired) electrons. The van der Waals surface area contributed by atoms with Gasteiger partial charge in [0.1, 0.15) is 6.07 Å². The summed E-state index contributed by atoms with van der Waals surface area (Å²) in [6.07, 6.45) is 5.61. The molecule has 7 heteroatoms. The van der Waals surface area contributed by atoms with Crippen LogP contribution in [0.3, 0.4) is 0 Å². The van der Waals surface area contributed by atoms with Crippen LogP contribution in [0, 0.1) is 28.6 Å². The quantitative estimate of drug-likeness (QED) is 0.380. The molecule has 0 N–H and O–H groups in total. The summed E-state index contributed by atoms with van der Waals surface area (Å²) < 4.78 is 10.0. The van der Waals surface area contributed by atoms with Crippen LogP contribution in [0.1, 0.15) is 46.0 Å². The third-order valence-corrected chi connectivity index (χ3v) is 4.92. The molecule has 26 heavy (non-hydrogen) atoms. The van der Waals surface area contributed by atoms with Gasteiger partial charge in [-0.2, -0.15) is 10.5 Å². The monoisotopic (exact) mass is 376 g/mol. The molecule has 1 rings (SSSR count). The summed E-state index contributed by atoms with van der Waals surface area (Å²) in [7, 11) is 0. The molecule has 1 aliphatic carbocycles. The summed E-state index contributed by atoms with van der Waals surface area (Å²) in [4.78, 5) is 24.9. The van der Waals surface area contributed by atoms with Gasteiger partial charge in [-0.1, -0.05) is 6.42 Å². The first-order chi connectivity index (χ1) is 12.5. The van der Waals surface area contributed by atoms with Crippen molar-refractivity contribution in [2.24, 2.45) is 5.92 Å². The van der Waals surface area contributed by atoms with Crippen LogP contribution >= 0.6 is 11.8 Å². The number of carbonyl (C=O) groups excluding carboxylic acids is 2. The Morgan fingerprint density at radius 1 is 1.12 bits per heavy atom. The Hall–Kier alpha value is -2.25. The van der Waals surface area contributed by atoms with E-state index in [0.717, 1.165) is 24.8 Å². The smallest absolute Gasteiger partial charge is 0.350 e. The van der Waals surface area contributed by atoms with Crippen LogP contribution in [-0.4, -0.2) is 31.4 Å². The number of hydrogen-bond acceptors (Lipinski definition) is 7. The third kappa shape index (κ3) is 5.37. The van der Waals surface area contributed by atoms with E-state index >= 15 is 0 Å². The highest BCUT2D eigenvalue weighted by Crippen LogP contribution is 2.38. The lowest BCUT2D eigenvalue weighted by atomic mass is 9.90. The average molecular weight is 376 g/mol. The van der Waals surface area contributed by atoms with E-state index in [1.165, 1.54) is 11.8 Å². The van der Waals surface area contributed by atoms with Crippen molar-refractivity contribution in [2.75, 3.05) is 19.5 Å². The number of rotatable bonds is 7. The van der Waals surface area contributed by atoms with Crippen LogP contribution in [-0.2, 0) is 19.1 Å². The molecule has 0 saturated heterocycles. The Bertz CT molecular complexity index is 683. The van der Waals surface area contributed by atoms with Crippen LogP contribution in [0.2, 0.25) is 0 Å². The third-order valence-electron chi connectivity index (χ3n) is 4.06. The van der Waals surface area contributed by atoms with Gasteiger partial charge in [0, 0.05) is 4.91 Å². The standard InChI is InChI=1S/C19H24N2O4S/c1-4-24-18(22)15(11-20)13-9-7-6-8-10-14(13)17(26-3)16(12-21)19(23)25-5-2/h15H,4-10H2,1-3H3/b17-16+. The van der Waals surface area contributed by atoms with E-state index in [0.29, 0.717) is 23.3 Å². The molecule has 0 fully saturated rings. The number of hydrogen-bond donors (Lipinski definition) is 0. The Labute approximate surface area is 158 Å². The molecule has 0 saturated carbocycles. The van der Waals surface area contributed by atoms with Gasteiger partial charge in [-0.15, -0.1) is 11.8 Å². The molecule has 0 bridgehead atoms. The van der Waals surface area contributed by atoms with E-state index in [1.54, 1.807) is 20.1 Å². The lowest BCUT2D eigenvalue weighted by molar-refractivity contribution is -0.145. The second-order valence-corrected chi connectivity index (χ2v) is 6.44. The van der Waals surface area contributed by atoms with E-state index in [4.69, 9.17) is 9.47 Å². The number of carbonyl (C=O) groups is 2. The highest BCUT2D eigenvalue weighted by Gasteiger charge is 2.30. The summed E-state index contributed by atoms with van der Waals surface area (Å²) in [6.45, 7) is 3.73. The van der Waals surface area contributed by atoms with Gasteiger partial charge in [-0.05, 0) is 56.9 Å². The van der Waals surface area contributed by atoms with Crippen LogP contribution in [0.15, 0.2) is 21.6 Å². The van der Waals surface area contributed by atoms with Gasteiger partial charge >= 0.3 is 11.9 Å². The highest BCUT2D eigenvalue weighted by atomic mass is 32.2. The van der Waals surface area contributed by atoms with Gasteiger partial charge in [-0.3, -0.25) is 4.79 Å². The molecule has 1 unspecified atom stereocenters. The predicted molar refractivity (Wildman–Crippen MR) is 98.6 cm³/mol. The second-order valence-electron chi connectivity index (χ2n) is 5.62. The zero-order chi connectivity index (χ0) is 19.5. The molecule has 0 amide bonds. The van der Waals surface area contributed by atoms with Crippen molar-refractivity contribution >= 4 is 23.7 Å². The predicted octanol–water partition coefficient (Wildman–Crippen LogP) is 3.65. The molecular formula is C19H24N2O4S. The van der Waals surface area contributed by atoms with E-state index in [9.17, 15) is 20.1 Å². The molecule has 0 spiro atoms. The zero-order valence-electron chi connectivity index (χ0n) is 15.5. The lowest BCUT2D eigenvalue weighted by Gasteiger charge is -2.19. The first-order valence-corrected chi connectivity index (χ1v) is 9.92. The Kier molecular flexibility index (Phi) is 9.54. The first-order valence-electron chi connectivity index (χ1n) is 8.69. The Morgan fingerprint density at radius 3 is 2.31 bits per heavy atom. The minimum atomic E-state index is -1.02. The average Bonchev–Trinajstić information content (AvgIpc) is 2.86. The van der Waals surface area contributed by atoms with Crippen molar-refractivity contribution in [2.45, 2.75) is 46.0 Å². The van der Waals surface area contributed by atoms with Crippen LogP contribution in [0.4, 0.5) is 0 Å². The molecular weight excluding hydrogens is 352 g/mol. The molecule has 1 aliphatic rings. The summed E-state index contributed by atoms with van der Waals surface area (Å²) in [5.74, 6) is -2.29. The molecule has 0 heterocycles. The maximum Gasteiger partial charge on any atom is 0.350 e. The van der Waals surface area contributed by atoms with Crippen molar-refractivity contribution in [1.82, 2.24) is 0 Å². The van der Waals surface area contributed by atoms with E-state index in [-0.39, 0.29) is 18.8 Å². The van der Waals surface area contributed by atoms with Crippen LogP contribution in [0.5, 0.6) is 0 Å². The van der Waals surface area contributed by atoms with Crippen molar-refractivity contribution < 1.29 is 19.1 Å². The van der Waals surface area contributed by atoms with Gasteiger partial charge < -0.3 is 9.47 Å². The fourth-order valence-electron chi connectivity index (χ4n) is 2.95. The molecule has 0 aliphatic heterocycles. The molecule has 1 atom stereocenters. The summed E-state index contributed by atoms with van der Waals surface area (Å²) in [5, 5.41) is 19.1. The maximum atomic E-state index is 12.3. The summed E-state index contributed by atoms with van der Waals surface area (Å²) >= 11 is 1.27. The van der Waals surface area contributed by atoms with Gasteiger partial charge in [0.2, 0.25) is 0 Å². The molecule has 0 aromatic rings. The van der Waals surface area contributed by atoms with Crippen molar-refractivity contribution in [3.05, 3.63) is 21.6 Å². The number of ether oxygens (including phenoxy) is 2. The van der Waals surface area contributed by atoms with E-state index < -0.39 is 17.9 Å². The number of allylic oxidation sites excluding steroid dienone is 1. The van der Waals surface area contributed by atoms with Gasteiger partial charge in [0.25, 0.3) is 0 Å². The Balaban J connectivity index is 3.57. The molecule has 140 valence electrons. The summed E-state index contributed by atoms with van der Waals surface area (Å²) in [5.41, 5.74) is 1.32. The van der Waals surface area contributed by atoms with E-state index in [1.807, 2.05) is 12.1 Å². The van der Waals surface area contributed by atoms with Gasteiger partial charge in [0.15, 0.2) is 11.5 Å². The normalized spacial score (nSPS) is 16.5. The summed E-state index contributed by atoms with van der Waals surface area (Å²) in [6, 6.07) is 3.98. The van der Waals surface area contributed by atoms with Crippen molar-refractivity contribution in [3.8, 4) is 12.1 Å². The molecule has 0 aromatic heterocycles. The van der Waals surface area contributed by atoms with Gasteiger partial charge in [0.05, 0.1) is 19.3 Å². The number of thioether (sulfide) groups is 1. The lowest BCUT2D eigenvalue weighted by Crippen LogP contribution is -2.20. The topological polar surface area (TPSA) is 100 Å². The minimum Gasteiger partial charge on any atom is -0.465 e. The molecule has 6 nitrogen and oxygen atoms in total. The van der Waals surface area contributed by atoms with Crippen molar-refractivity contribution in [3.63, 3.8) is 0 Å².